The molecule has 7 heteroatoms. The maximum Gasteiger partial charge on any atom is 0.0886 e. The van der Waals surface area contributed by atoms with Gasteiger partial charge in [-0.2, -0.15) is 5.10 Å². The van der Waals surface area contributed by atoms with Gasteiger partial charge in [-0.1, -0.05) is 12.5 Å². The van der Waals surface area contributed by atoms with Gasteiger partial charge in [0.15, 0.2) is 0 Å². The van der Waals surface area contributed by atoms with E-state index < -0.39 is 0 Å². The van der Waals surface area contributed by atoms with Crippen LogP contribution < -0.4 is 11.1 Å². The van der Waals surface area contributed by atoms with E-state index in [-0.39, 0.29) is 0 Å². The molecule has 3 N–H and O–H groups in total. The van der Waals surface area contributed by atoms with E-state index in [1.165, 1.54) is 0 Å². The molecular weight excluding hydrogens is 338 g/mol. The largest absolute Gasteiger partial charge is 0.396 e. The van der Waals surface area contributed by atoms with E-state index in [0.29, 0.717) is 18.8 Å². The Kier molecular flexibility index (Phi) is 6.47. The maximum absolute atomic E-state index is 6.31. The number of hydrogen-bond acceptors (Lipinski definition) is 7. The molecule has 0 radical (unpaired) electrons. The van der Waals surface area contributed by atoms with Crippen LogP contribution in [0.4, 0.5) is 0 Å². The van der Waals surface area contributed by atoms with Gasteiger partial charge in [0, 0.05) is 38.6 Å². The Morgan fingerprint density at radius 1 is 1.30 bits per heavy atom. The summed E-state index contributed by atoms with van der Waals surface area (Å²) in [6, 6.07) is 3.95. The molecule has 3 heterocycles. The third-order valence-electron chi connectivity index (χ3n) is 4.62. The molecular formula is C20H27N7. The molecule has 1 aromatic heterocycles. The molecule has 1 saturated heterocycles. The van der Waals surface area contributed by atoms with Crippen molar-refractivity contribution in [1.82, 2.24) is 25.1 Å². The van der Waals surface area contributed by atoms with Crippen molar-refractivity contribution in [2.45, 2.75) is 13.5 Å². The predicted octanol–water partition coefficient (Wildman–Crippen LogP) is 0.755. The van der Waals surface area contributed by atoms with Gasteiger partial charge in [0.2, 0.25) is 0 Å². The number of piperazine rings is 1. The molecule has 0 spiro atoms. The van der Waals surface area contributed by atoms with E-state index in [1.54, 1.807) is 18.6 Å². The summed E-state index contributed by atoms with van der Waals surface area (Å²) in [6.45, 7) is 12.1. The van der Waals surface area contributed by atoms with Crippen LogP contribution in [-0.2, 0) is 6.54 Å². The van der Waals surface area contributed by atoms with Gasteiger partial charge in [0.05, 0.1) is 43.1 Å². The van der Waals surface area contributed by atoms with Crippen molar-refractivity contribution in [1.29, 1.82) is 0 Å². The Morgan fingerprint density at radius 2 is 2.04 bits per heavy atom. The van der Waals surface area contributed by atoms with E-state index >= 15 is 0 Å². The number of aromatic nitrogens is 1. The molecule has 0 unspecified atom stereocenters. The number of hydrazone groups is 1. The summed E-state index contributed by atoms with van der Waals surface area (Å²) in [4.78, 5) is 8.67. The van der Waals surface area contributed by atoms with Crippen LogP contribution in [0.2, 0.25) is 0 Å². The molecule has 0 bridgehead atoms. The number of pyridine rings is 1. The lowest BCUT2D eigenvalue weighted by Gasteiger charge is -2.38. The summed E-state index contributed by atoms with van der Waals surface area (Å²) >= 11 is 0. The van der Waals surface area contributed by atoms with Crippen LogP contribution in [0.25, 0.3) is 0 Å². The van der Waals surface area contributed by atoms with Crippen molar-refractivity contribution < 1.29 is 0 Å². The summed E-state index contributed by atoms with van der Waals surface area (Å²) in [5, 5.41) is 9.73. The first kappa shape index (κ1) is 19.0. The van der Waals surface area contributed by atoms with Gasteiger partial charge < -0.3 is 16.0 Å². The van der Waals surface area contributed by atoms with Gasteiger partial charge >= 0.3 is 0 Å². The number of rotatable bonds is 6. The summed E-state index contributed by atoms with van der Waals surface area (Å²) in [5.74, 6) is 6.16. The minimum atomic E-state index is 0.604. The molecule has 0 atom stereocenters. The standard InChI is InChI=1S/C20H27N7/c1-3-4-11-26(16-25-12-9-23-10-13-25)20-17(2)27(24-14-19(20)21)15-18-5-7-22-8-6-18/h5-8,14,23H,2,9-13,15-16,21H2,1H3. The molecule has 0 aliphatic carbocycles. The molecule has 142 valence electrons. The van der Waals surface area contributed by atoms with Gasteiger partial charge in [-0.05, 0) is 24.6 Å². The lowest BCUT2D eigenvalue weighted by molar-refractivity contribution is 0.150. The Morgan fingerprint density at radius 3 is 2.74 bits per heavy atom. The first-order valence-electron chi connectivity index (χ1n) is 9.16. The van der Waals surface area contributed by atoms with Gasteiger partial charge in [-0.3, -0.25) is 14.9 Å². The minimum absolute atomic E-state index is 0.604. The van der Waals surface area contributed by atoms with E-state index in [4.69, 9.17) is 5.73 Å². The van der Waals surface area contributed by atoms with Crippen molar-refractivity contribution in [3.8, 4) is 11.8 Å². The Labute approximate surface area is 161 Å². The van der Waals surface area contributed by atoms with Crippen LogP contribution in [0.1, 0.15) is 12.5 Å². The smallest absolute Gasteiger partial charge is 0.0886 e. The van der Waals surface area contributed by atoms with Crippen LogP contribution in [0.5, 0.6) is 0 Å². The molecule has 0 aromatic carbocycles. The average Bonchev–Trinajstić information content (AvgIpc) is 2.70. The molecule has 0 saturated carbocycles. The highest BCUT2D eigenvalue weighted by atomic mass is 15.5. The number of allylic oxidation sites excluding steroid dienone is 1. The fourth-order valence-electron chi connectivity index (χ4n) is 3.18. The minimum Gasteiger partial charge on any atom is -0.396 e. The van der Waals surface area contributed by atoms with Gasteiger partial charge in [-0.25, -0.2) is 0 Å². The SMILES string of the molecule is C=C1C(N(CC#CC)CN2CCNCC2)=C(N)C=NN1Cc1ccncc1. The van der Waals surface area contributed by atoms with Crippen LogP contribution in [-0.4, -0.2) is 65.4 Å². The third kappa shape index (κ3) is 4.88. The van der Waals surface area contributed by atoms with Crippen molar-refractivity contribution in [2.75, 3.05) is 39.4 Å². The van der Waals surface area contributed by atoms with Crippen molar-refractivity contribution >= 4 is 6.21 Å². The maximum atomic E-state index is 6.31. The monoisotopic (exact) mass is 365 g/mol. The van der Waals surface area contributed by atoms with Crippen LogP contribution in [0.3, 0.4) is 0 Å². The molecule has 7 nitrogen and oxygen atoms in total. The second kappa shape index (κ2) is 9.21. The lowest BCUT2D eigenvalue weighted by atomic mass is 10.2. The van der Waals surface area contributed by atoms with Crippen LogP contribution >= 0.6 is 0 Å². The Hall–Kier alpha value is -2.82. The molecule has 2 aliphatic heterocycles. The van der Waals surface area contributed by atoms with Crippen molar-refractivity contribution in [3.05, 3.63) is 53.8 Å². The zero-order chi connectivity index (χ0) is 19.1. The van der Waals surface area contributed by atoms with Gasteiger partial charge in [0.1, 0.15) is 0 Å². The highest BCUT2D eigenvalue weighted by Crippen LogP contribution is 2.25. The molecule has 3 rings (SSSR count). The van der Waals surface area contributed by atoms with Crippen LogP contribution in [0.15, 0.2) is 53.3 Å². The Balaban J connectivity index is 1.79. The summed E-state index contributed by atoms with van der Waals surface area (Å²) in [6.07, 6.45) is 5.27. The lowest BCUT2D eigenvalue weighted by Crippen LogP contribution is -2.49. The first-order chi connectivity index (χ1) is 13.2. The number of hydrogen-bond donors (Lipinski definition) is 2. The van der Waals surface area contributed by atoms with E-state index in [0.717, 1.165) is 49.8 Å². The van der Waals surface area contributed by atoms with E-state index in [1.807, 2.05) is 24.1 Å². The fourth-order valence-corrected chi connectivity index (χ4v) is 3.18. The topological polar surface area (TPSA) is 73.0 Å². The highest BCUT2D eigenvalue weighted by molar-refractivity contribution is 5.80. The number of nitrogens with two attached hydrogens (primary N) is 1. The summed E-state index contributed by atoms with van der Waals surface area (Å²) < 4.78 is 0. The molecule has 1 aromatic rings. The quantitative estimate of drug-likeness (QED) is 0.725. The molecule has 2 aliphatic rings. The van der Waals surface area contributed by atoms with Crippen LogP contribution in [0, 0.1) is 11.8 Å². The van der Waals surface area contributed by atoms with Crippen molar-refractivity contribution in [3.63, 3.8) is 0 Å². The normalized spacial score (nSPS) is 17.7. The molecule has 27 heavy (non-hydrogen) atoms. The zero-order valence-corrected chi connectivity index (χ0v) is 15.9. The van der Waals surface area contributed by atoms with Gasteiger partial charge in [-0.15, -0.1) is 5.92 Å². The second-order valence-electron chi connectivity index (χ2n) is 6.54. The Bertz CT molecular complexity index is 767. The third-order valence-corrected chi connectivity index (χ3v) is 4.62. The first-order valence-corrected chi connectivity index (χ1v) is 9.16. The average molecular weight is 365 g/mol. The summed E-state index contributed by atoms with van der Waals surface area (Å²) in [5.41, 5.74) is 9.75. The fraction of sp³-hybridized carbons (Fsp3) is 0.400. The van der Waals surface area contributed by atoms with E-state index in [9.17, 15) is 0 Å². The predicted molar refractivity (Wildman–Crippen MR) is 108 cm³/mol. The second-order valence-corrected chi connectivity index (χ2v) is 6.54. The molecule has 1 fully saturated rings. The molecule has 0 amide bonds. The van der Waals surface area contributed by atoms with E-state index in [2.05, 4.69) is 43.6 Å². The summed E-state index contributed by atoms with van der Waals surface area (Å²) in [7, 11) is 0. The number of nitrogens with one attached hydrogen (secondary N) is 1. The number of nitrogens with zero attached hydrogens (tertiary/aromatic N) is 5. The highest BCUT2D eigenvalue weighted by Gasteiger charge is 2.25. The van der Waals surface area contributed by atoms with Crippen molar-refractivity contribution in [2.24, 2.45) is 10.8 Å². The zero-order valence-electron chi connectivity index (χ0n) is 15.9. The van der Waals surface area contributed by atoms with Gasteiger partial charge in [0.25, 0.3) is 0 Å².